The van der Waals surface area contributed by atoms with Crippen LogP contribution in [0.5, 0.6) is 0 Å². The summed E-state index contributed by atoms with van der Waals surface area (Å²) in [5.74, 6) is 0. The minimum absolute atomic E-state index is 0.634. The topological polar surface area (TPSA) is 25.0 Å². The molecule has 0 bridgehead atoms. The van der Waals surface area contributed by atoms with Crippen molar-refractivity contribution >= 4 is 0 Å². The van der Waals surface area contributed by atoms with E-state index in [1.807, 2.05) is 11.2 Å². The van der Waals surface area contributed by atoms with Crippen LogP contribution in [0.4, 0.5) is 0 Å². The first-order chi connectivity index (χ1) is 2.47. The standard InChI is InChI=1S/C3H4N2/c1-2-5-3(1)4-5/h1-4H. The lowest BCUT2D eigenvalue weighted by Crippen LogP contribution is -1.97. The molecule has 1 saturated heterocycles. The van der Waals surface area contributed by atoms with Gasteiger partial charge in [0.25, 0.3) is 0 Å². The molecule has 5 heavy (non-hydrogen) atoms. The highest BCUT2D eigenvalue weighted by Crippen LogP contribution is 2.19. The Morgan fingerprint density at radius 1 is 1.80 bits per heavy atom. The highest BCUT2D eigenvalue weighted by Gasteiger charge is 2.34. The molecule has 1 atom stereocenters. The fourth-order valence-corrected chi connectivity index (χ4v) is 0.464. The van der Waals surface area contributed by atoms with Crippen molar-refractivity contribution in [2.75, 3.05) is 0 Å². The molecule has 2 heterocycles. The molecule has 0 radical (unpaired) electrons. The predicted molar refractivity (Wildman–Crippen MR) is 17.9 cm³/mol. The number of hydrazine groups is 1. The Bertz CT molecular complexity index is 76.9. The SMILES string of the molecule is C1=CN2NC12. The minimum atomic E-state index is 0.634. The minimum Gasteiger partial charge on any atom is -0.291 e. The van der Waals surface area contributed by atoms with Crippen LogP contribution in [0.15, 0.2) is 12.3 Å². The van der Waals surface area contributed by atoms with Gasteiger partial charge in [0.2, 0.25) is 0 Å². The predicted octanol–water partition coefficient (Wildman–Crippen LogP) is -0.340. The number of nitrogens with zero attached hydrogens (tertiary/aromatic N) is 1. The van der Waals surface area contributed by atoms with Gasteiger partial charge in [0.15, 0.2) is 0 Å². The van der Waals surface area contributed by atoms with Gasteiger partial charge in [-0.05, 0) is 6.08 Å². The summed E-state index contributed by atoms with van der Waals surface area (Å²) in [4.78, 5) is 0. The van der Waals surface area contributed by atoms with Crippen LogP contribution in [0, 0.1) is 0 Å². The molecule has 1 unspecified atom stereocenters. The van der Waals surface area contributed by atoms with E-state index in [2.05, 4.69) is 11.5 Å². The van der Waals surface area contributed by atoms with E-state index in [0.717, 1.165) is 0 Å². The summed E-state index contributed by atoms with van der Waals surface area (Å²) in [5.41, 5.74) is 3.03. The van der Waals surface area contributed by atoms with Crippen molar-refractivity contribution in [3.63, 3.8) is 0 Å². The molecule has 0 amide bonds. The number of rotatable bonds is 0. The van der Waals surface area contributed by atoms with Gasteiger partial charge < -0.3 is 0 Å². The molecule has 0 aromatic heterocycles. The highest BCUT2D eigenvalue weighted by molar-refractivity contribution is 5.13. The fourth-order valence-electron chi connectivity index (χ4n) is 0.464. The van der Waals surface area contributed by atoms with Crippen LogP contribution in [-0.2, 0) is 0 Å². The van der Waals surface area contributed by atoms with E-state index in [1.54, 1.807) is 0 Å². The van der Waals surface area contributed by atoms with Crippen LogP contribution in [0.3, 0.4) is 0 Å². The first-order valence-corrected chi connectivity index (χ1v) is 1.70. The molecule has 2 nitrogen and oxygen atoms in total. The second-order valence-electron chi connectivity index (χ2n) is 1.32. The van der Waals surface area contributed by atoms with Gasteiger partial charge in [-0.1, -0.05) is 0 Å². The molecule has 2 aliphatic rings. The maximum absolute atomic E-state index is 3.03. The van der Waals surface area contributed by atoms with E-state index in [4.69, 9.17) is 0 Å². The summed E-state index contributed by atoms with van der Waals surface area (Å²) >= 11 is 0. The second kappa shape index (κ2) is 0.303. The normalized spacial score (nSPS) is 40.0. The Morgan fingerprint density at radius 2 is 2.60 bits per heavy atom. The van der Waals surface area contributed by atoms with Crippen molar-refractivity contribution in [2.45, 2.75) is 6.17 Å². The molecular weight excluding hydrogens is 64.0 g/mol. The summed E-state index contributed by atoms with van der Waals surface area (Å²) < 4.78 is 0. The van der Waals surface area contributed by atoms with Crippen molar-refractivity contribution in [3.05, 3.63) is 12.3 Å². The van der Waals surface area contributed by atoms with Gasteiger partial charge in [0.05, 0.1) is 0 Å². The first-order valence-electron chi connectivity index (χ1n) is 1.70. The number of hydrogen-bond acceptors (Lipinski definition) is 2. The lowest BCUT2D eigenvalue weighted by atomic mass is 10.5. The molecule has 0 aromatic carbocycles. The molecule has 1 N–H and O–H groups in total. The molecule has 0 spiro atoms. The van der Waals surface area contributed by atoms with E-state index in [0.29, 0.717) is 6.17 Å². The molecule has 1 fully saturated rings. The van der Waals surface area contributed by atoms with Crippen molar-refractivity contribution in [1.29, 1.82) is 0 Å². The van der Waals surface area contributed by atoms with Gasteiger partial charge in [-0.15, -0.1) is 0 Å². The zero-order valence-electron chi connectivity index (χ0n) is 2.68. The van der Waals surface area contributed by atoms with Crippen LogP contribution < -0.4 is 5.43 Å². The van der Waals surface area contributed by atoms with Crippen molar-refractivity contribution in [3.8, 4) is 0 Å². The van der Waals surface area contributed by atoms with E-state index in [9.17, 15) is 0 Å². The molecular formula is C3H4N2. The molecule has 2 aliphatic heterocycles. The maximum atomic E-state index is 3.03. The first kappa shape index (κ1) is 1.82. The third kappa shape index (κ3) is 0.0714. The third-order valence-corrected chi connectivity index (χ3v) is 0.942. The van der Waals surface area contributed by atoms with Crippen LogP contribution in [0.25, 0.3) is 0 Å². The number of fused-ring (bicyclic) bond motifs is 1. The number of hydrogen-bond donors (Lipinski definition) is 1. The molecule has 0 aliphatic carbocycles. The van der Waals surface area contributed by atoms with Gasteiger partial charge in [-0.25, -0.2) is 5.43 Å². The van der Waals surface area contributed by atoms with Gasteiger partial charge in [0.1, 0.15) is 6.17 Å². The van der Waals surface area contributed by atoms with Gasteiger partial charge in [-0.3, -0.25) is 5.01 Å². The van der Waals surface area contributed by atoms with E-state index in [1.165, 1.54) is 0 Å². The van der Waals surface area contributed by atoms with Crippen LogP contribution in [-0.4, -0.2) is 11.2 Å². The van der Waals surface area contributed by atoms with Gasteiger partial charge >= 0.3 is 0 Å². The van der Waals surface area contributed by atoms with Crippen LogP contribution in [0.1, 0.15) is 0 Å². The van der Waals surface area contributed by atoms with Crippen molar-refractivity contribution < 1.29 is 0 Å². The fraction of sp³-hybridized carbons (Fsp3) is 0.333. The number of nitrogens with one attached hydrogen (secondary N) is 1. The molecule has 0 aromatic rings. The second-order valence-corrected chi connectivity index (χ2v) is 1.32. The Hall–Kier alpha value is -0.500. The zero-order chi connectivity index (χ0) is 3.28. The van der Waals surface area contributed by atoms with E-state index >= 15 is 0 Å². The van der Waals surface area contributed by atoms with Gasteiger partial charge in [-0.2, -0.15) is 0 Å². The largest absolute Gasteiger partial charge is 0.291 e. The summed E-state index contributed by atoms with van der Waals surface area (Å²) in [6.07, 6.45) is 4.76. The molecule has 0 saturated carbocycles. The van der Waals surface area contributed by atoms with Crippen molar-refractivity contribution in [2.24, 2.45) is 0 Å². The van der Waals surface area contributed by atoms with E-state index < -0.39 is 0 Å². The Balaban J connectivity index is 2.46. The summed E-state index contributed by atoms with van der Waals surface area (Å²) in [6.45, 7) is 0. The lowest BCUT2D eigenvalue weighted by molar-refractivity contribution is 0.638. The molecule has 2 rings (SSSR count). The maximum Gasteiger partial charge on any atom is 0.131 e. The summed E-state index contributed by atoms with van der Waals surface area (Å²) in [5, 5.41) is 2.04. The van der Waals surface area contributed by atoms with Crippen LogP contribution in [0.2, 0.25) is 0 Å². The monoisotopic (exact) mass is 68.0 g/mol. The summed E-state index contributed by atoms with van der Waals surface area (Å²) in [7, 11) is 0. The quantitative estimate of drug-likeness (QED) is 0.393. The van der Waals surface area contributed by atoms with Gasteiger partial charge in [0, 0.05) is 6.20 Å². The smallest absolute Gasteiger partial charge is 0.131 e. The average molecular weight is 68.1 g/mol. The Kier molecular flexibility index (Phi) is 0.110. The lowest BCUT2D eigenvalue weighted by Gasteiger charge is -1.93. The molecule has 2 heteroatoms. The zero-order valence-corrected chi connectivity index (χ0v) is 2.68. The third-order valence-electron chi connectivity index (χ3n) is 0.942. The van der Waals surface area contributed by atoms with Crippen LogP contribution >= 0.6 is 0 Å². The average Bonchev–Trinajstić information content (AvgIpc) is 1.74. The van der Waals surface area contributed by atoms with Crippen molar-refractivity contribution in [1.82, 2.24) is 10.4 Å². The highest BCUT2D eigenvalue weighted by atomic mass is 15.8. The molecule has 26 valence electrons. The summed E-state index contributed by atoms with van der Waals surface area (Å²) in [6, 6.07) is 0. The van der Waals surface area contributed by atoms with E-state index in [-0.39, 0.29) is 0 Å². The Labute approximate surface area is 30.0 Å². The Morgan fingerprint density at radius 3 is 2.60 bits per heavy atom.